The van der Waals surface area contributed by atoms with Crippen LogP contribution in [0.3, 0.4) is 0 Å². The molecule has 0 spiro atoms. The van der Waals surface area contributed by atoms with Crippen molar-refractivity contribution < 1.29 is 9.53 Å². The molecular weight excluding hydrogens is 252 g/mol. The second-order valence-corrected chi connectivity index (χ2v) is 4.20. The molecule has 0 aliphatic heterocycles. The van der Waals surface area contributed by atoms with Crippen molar-refractivity contribution in [3.05, 3.63) is 47.5 Å². The Bertz CT molecular complexity index is 374. The number of carbonyl (C=O) groups excluding carboxylic acids is 1. The Hall–Kier alpha value is -0.870. The summed E-state index contributed by atoms with van der Waals surface area (Å²) in [6, 6.07) is 9.95. The molecule has 1 rings (SSSR count). The molecule has 0 radical (unpaired) electrons. The van der Waals surface area contributed by atoms with Crippen LogP contribution in [0, 0.1) is 0 Å². The molecule has 0 aliphatic rings. The van der Waals surface area contributed by atoms with E-state index in [2.05, 4.69) is 25.3 Å². The first kappa shape index (κ1) is 14.2. The fraction of sp³-hybridized carbons (Fsp3) is 0.308. The third kappa shape index (κ3) is 5.33. The Labute approximate surface area is 113 Å². The standard InChI is InChI=1S/C13H16O2S2/c14-13(15-8-9-16)12(10-17)7-6-11-4-2-1-3-5-11/h1-5,7,16-17H,6,8-10H2. The van der Waals surface area contributed by atoms with E-state index < -0.39 is 0 Å². The normalized spacial score (nSPS) is 11.3. The van der Waals surface area contributed by atoms with Crippen LogP contribution >= 0.6 is 25.3 Å². The Balaban J connectivity index is 2.58. The molecule has 1 aromatic carbocycles. The van der Waals surface area contributed by atoms with E-state index in [1.54, 1.807) is 0 Å². The number of esters is 1. The molecule has 92 valence electrons. The smallest absolute Gasteiger partial charge is 0.334 e. The maximum atomic E-state index is 11.6. The van der Waals surface area contributed by atoms with Crippen LogP contribution in [0.15, 0.2) is 42.0 Å². The van der Waals surface area contributed by atoms with E-state index in [9.17, 15) is 4.79 Å². The van der Waals surface area contributed by atoms with Crippen LogP contribution in [-0.2, 0) is 16.0 Å². The molecule has 0 aliphatic carbocycles. The Kier molecular flexibility index (Phi) is 6.89. The highest BCUT2D eigenvalue weighted by Gasteiger charge is 2.08. The molecule has 1 aromatic rings. The quantitative estimate of drug-likeness (QED) is 0.471. The van der Waals surface area contributed by atoms with Crippen molar-refractivity contribution in [1.29, 1.82) is 0 Å². The highest BCUT2D eigenvalue weighted by Crippen LogP contribution is 2.06. The minimum atomic E-state index is -0.301. The van der Waals surface area contributed by atoms with Gasteiger partial charge in [0.25, 0.3) is 0 Å². The first-order valence-electron chi connectivity index (χ1n) is 5.39. The van der Waals surface area contributed by atoms with Crippen LogP contribution in [-0.4, -0.2) is 24.1 Å². The number of carbonyl (C=O) groups is 1. The van der Waals surface area contributed by atoms with Gasteiger partial charge in [0, 0.05) is 17.1 Å². The Morgan fingerprint density at radius 3 is 2.53 bits per heavy atom. The lowest BCUT2D eigenvalue weighted by molar-refractivity contribution is -0.138. The summed E-state index contributed by atoms with van der Waals surface area (Å²) in [6.07, 6.45) is 2.58. The second-order valence-electron chi connectivity index (χ2n) is 3.44. The maximum Gasteiger partial charge on any atom is 0.334 e. The third-order valence-corrected chi connectivity index (χ3v) is 2.71. The molecule has 0 saturated carbocycles. The van der Waals surface area contributed by atoms with Crippen molar-refractivity contribution in [2.75, 3.05) is 18.1 Å². The Morgan fingerprint density at radius 1 is 1.24 bits per heavy atom. The summed E-state index contributed by atoms with van der Waals surface area (Å²) in [6.45, 7) is 0.332. The van der Waals surface area contributed by atoms with Gasteiger partial charge < -0.3 is 4.74 Å². The van der Waals surface area contributed by atoms with Gasteiger partial charge in [-0.3, -0.25) is 0 Å². The predicted octanol–water partition coefficient (Wildman–Crippen LogP) is 2.56. The summed E-state index contributed by atoms with van der Waals surface area (Å²) in [4.78, 5) is 11.6. The fourth-order valence-electron chi connectivity index (χ4n) is 1.30. The van der Waals surface area contributed by atoms with E-state index in [1.165, 1.54) is 0 Å². The van der Waals surface area contributed by atoms with Crippen molar-refractivity contribution in [3.8, 4) is 0 Å². The number of ether oxygens (including phenoxy) is 1. The van der Waals surface area contributed by atoms with Gasteiger partial charge in [0.1, 0.15) is 6.61 Å². The number of benzene rings is 1. The van der Waals surface area contributed by atoms with E-state index in [4.69, 9.17) is 4.74 Å². The van der Waals surface area contributed by atoms with Gasteiger partial charge >= 0.3 is 5.97 Å². The average Bonchev–Trinajstić information content (AvgIpc) is 2.38. The molecule has 0 fully saturated rings. The molecule has 17 heavy (non-hydrogen) atoms. The number of hydrogen-bond acceptors (Lipinski definition) is 4. The van der Waals surface area contributed by atoms with Gasteiger partial charge in [0.15, 0.2) is 0 Å². The van der Waals surface area contributed by atoms with Crippen LogP contribution in [0.4, 0.5) is 0 Å². The molecule has 0 unspecified atom stereocenters. The largest absolute Gasteiger partial charge is 0.461 e. The highest BCUT2D eigenvalue weighted by atomic mass is 32.1. The number of thiol groups is 2. The number of rotatable bonds is 6. The van der Waals surface area contributed by atoms with Crippen molar-refractivity contribution in [1.82, 2.24) is 0 Å². The zero-order valence-electron chi connectivity index (χ0n) is 9.50. The number of allylic oxidation sites excluding steroid dienone is 1. The molecule has 0 amide bonds. The van der Waals surface area contributed by atoms with Gasteiger partial charge in [-0.05, 0) is 12.0 Å². The van der Waals surface area contributed by atoms with Crippen LogP contribution in [0.2, 0.25) is 0 Å². The van der Waals surface area contributed by atoms with Crippen LogP contribution in [0.5, 0.6) is 0 Å². The van der Waals surface area contributed by atoms with Crippen molar-refractivity contribution in [2.45, 2.75) is 6.42 Å². The first-order chi connectivity index (χ1) is 8.27. The van der Waals surface area contributed by atoms with Crippen molar-refractivity contribution >= 4 is 31.2 Å². The van der Waals surface area contributed by atoms with Gasteiger partial charge in [-0.1, -0.05) is 36.4 Å². The average molecular weight is 268 g/mol. The first-order valence-corrected chi connectivity index (χ1v) is 6.66. The monoisotopic (exact) mass is 268 g/mol. The maximum absolute atomic E-state index is 11.6. The summed E-state index contributed by atoms with van der Waals surface area (Å²) >= 11 is 8.12. The zero-order valence-corrected chi connectivity index (χ0v) is 11.3. The van der Waals surface area contributed by atoms with E-state index in [0.717, 1.165) is 5.56 Å². The lowest BCUT2D eigenvalue weighted by Gasteiger charge is -2.05. The minimum absolute atomic E-state index is 0.301. The fourth-order valence-corrected chi connectivity index (χ4v) is 1.65. The van der Waals surface area contributed by atoms with Crippen molar-refractivity contribution in [3.63, 3.8) is 0 Å². The van der Waals surface area contributed by atoms with E-state index in [0.29, 0.717) is 30.1 Å². The molecular formula is C13H16O2S2. The van der Waals surface area contributed by atoms with Gasteiger partial charge in [-0.15, -0.1) is 0 Å². The lowest BCUT2D eigenvalue weighted by Crippen LogP contribution is -2.11. The van der Waals surface area contributed by atoms with Gasteiger partial charge in [-0.2, -0.15) is 25.3 Å². The molecule has 0 bridgehead atoms. The Morgan fingerprint density at radius 2 is 1.94 bits per heavy atom. The number of hydrogen-bond donors (Lipinski definition) is 2. The second kappa shape index (κ2) is 8.25. The summed E-state index contributed by atoms with van der Waals surface area (Å²) in [5.74, 6) is 0.618. The van der Waals surface area contributed by atoms with Gasteiger partial charge in [0.05, 0.1) is 0 Å². The lowest BCUT2D eigenvalue weighted by atomic mass is 10.1. The highest BCUT2D eigenvalue weighted by molar-refractivity contribution is 7.80. The van der Waals surface area contributed by atoms with Crippen LogP contribution in [0.25, 0.3) is 0 Å². The molecule has 0 N–H and O–H groups in total. The van der Waals surface area contributed by atoms with E-state index >= 15 is 0 Å². The summed E-state index contributed by atoms with van der Waals surface area (Å²) in [7, 11) is 0. The molecule has 2 nitrogen and oxygen atoms in total. The summed E-state index contributed by atoms with van der Waals surface area (Å²) < 4.78 is 5.00. The SMILES string of the molecule is O=C(OCCS)C(=CCc1ccccc1)CS. The molecule has 4 heteroatoms. The van der Waals surface area contributed by atoms with Crippen LogP contribution in [0.1, 0.15) is 5.56 Å². The molecule has 0 heterocycles. The molecule has 0 atom stereocenters. The van der Waals surface area contributed by atoms with Crippen molar-refractivity contribution in [2.24, 2.45) is 0 Å². The molecule has 0 saturated heterocycles. The summed E-state index contributed by atoms with van der Waals surface area (Å²) in [5.41, 5.74) is 1.76. The minimum Gasteiger partial charge on any atom is -0.461 e. The third-order valence-electron chi connectivity index (χ3n) is 2.18. The van der Waals surface area contributed by atoms with E-state index in [-0.39, 0.29) is 5.97 Å². The van der Waals surface area contributed by atoms with E-state index in [1.807, 2.05) is 36.4 Å². The topological polar surface area (TPSA) is 26.3 Å². The molecule has 0 aromatic heterocycles. The zero-order chi connectivity index (χ0) is 12.5. The van der Waals surface area contributed by atoms with Gasteiger partial charge in [-0.25, -0.2) is 4.79 Å². The predicted molar refractivity (Wildman–Crippen MR) is 76.9 cm³/mol. The van der Waals surface area contributed by atoms with Crippen LogP contribution < -0.4 is 0 Å². The summed E-state index contributed by atoms with van der Waals surface area (Å²) in [5, 5.41) is 0. The van der Waals surface area contributed by atoms with Gasteiger partial charge in [0.2, 0.25) is 0 Å².